The van der Waals surface area contributed by atoms with E-state index in [9.17, 15) is 0 Å². The van der Waals surface area contributed by atoms with Gasteiger partial charge in [-0.05, 0) is 0 Å². The first-order chi connectivity index (χ1) is 14.0. The summed E-state index contributed by atoms with van der Waals surface area (Å²) in [4.78, 5) is 0. The van der Waals surface area contributed by atoms with Crippen molar-refractivity contribution in [3.8, 4) is 0 Å². The van der Waals surface area contributed by atoms with Crippen LogP contribution in [0.3, 0.4) is 0 Å². The molecule has 0 nitrogen and oxygen atoms in total. The average Bonchev–Trinajstić information content (AvgIpc) is 2.78. The minimum atomic E-state index is -3.26. The minimum absolute atomic E-state index is 0.790. The first kappa shape index (κ1) is 19.9. The Balaban J connectivity index is 2.11. The second-order valence-electron chi connectivity index (χ2n) is 7.78. The van der Waals surface area contributed by atoms with Crippen LogP contribution in [-0.4, -0.2) is 0 Å². The number of benzene rings is 4. The fourth-order valence-corrected chi connectivity index (χ4v) is 10.4. The summed E-state index contributed by atoms with van der Waals surface area (Å²) in [6.45, 7) is 4.34. The van der Waals surface area contributed by atoms with Gasteiger partial charge in [-0.1, -0.05) is 0 Å². The van der Waals surface area contributed by atoms with Crippen molar-refractivity contribution in [3.05, 3.63) is 126 Å². The Bertz CT molecular complexity index is 1010. The van der Waals surface area contributed by atoms with E-state index >= 15 is 0 Å². The van der Waals surface area contributed by atoms with E-state index in [0.717, 1.165) is 6.16 Å². The van der Waals surface area contributed by atoms with Crippen LogP contribution in [0.4, 0.5) is 0 Å². The molecule has 0 aliphatic rings. The summed E-state index contributed by atoms with van der Waals surface area (Å²) in [6, 6.07) is 38.7. The maximum atomic E-state index is 8.16. The molecule has 146 valence electrons. The average molecular weight is 417 g/mol. The number of halogens is 1. The van der Waals surface area contributed by atoms with Crippen LogP contribution in [0.1, 0.15) is 16.7 Å². The molecule has 0 unspecified atom stereocenters. The quantitative estimate of drug-likeness (QED) is 0.326. The monoisotopic (exact) mass is 416 g/mol. The van der Waals surface area contributed by atoms with E-state index in [0.29, 0.717) is 0 Å². The van der Waals surface area contributed by atoms with Gasteiger partial charge in [0.05, 0.1) is 0 Å². The Morgan fingerprint density at radius 3 is 1.41 bits per heavy atom. The molecular weight excluding hydrogens is 391 g/mol. The van der Waals surface area contributed by atoms with Crippen molar-refractivity contribution in [2.75, 3.05) is 0 Å². The Hall–Kier alpha value is -2.40. The van der Waals surface area contributed by atoms with Gasteiger partial charge < -0.3 is 0 Å². The fourth-order valence-electron chi connectivity index (χ4n) is 4.23. The number of rotatable bonds is 5. The molecule has 4 rings (SSSR count). The Morgan fingerprint density at radius 2 is 1.00 bits per heavy atom. The third-order valence-electron chi connectivity index (χ3n) is 5.86. The Kier molecular flexibility index (Phi) is 5.34. The van der Waals surface area contributed by atoms with Crippen LogP contribution in [-0.2, 0) is 6.16 Å². The summed E-state index contributed by atoms with van der Waals surface area (Å²) >= 11 is 8.16. The van der Waals surface area contributed by atoms with Gasteiger partial charge in [-0.2, -0.15) is 0 Å². The summed E-state index contributed by atoms with van der Waals surface area (Å²) in [6.07, 6.45) is 0.790. The van der Waals surface area contributed by atoms with E-state index in [2.05, 4.69) is 123 Å². The van der Waals surface area contributed by atoms with E-state index in [1.807, 2.05) is 0 Å². The van der Waals surface area contributed by atoms with Crippen molar-refractivity contribution in [3.63, 3.8) is 0 Å². The van der Waals surface area contributed by atoms with Crippen LogP contribution in [0.15, 0.2) is 109 Å². The first-order valence-electron chi connectivity index (χ1n) is 9.98. The molecule has 4 aromatic carbocycles. The van der Waals surface area contributed by atoms with Crippen molar-refractivity contribution >= 4 is 33.1 Å². The van der Waals surface area contributed by atoms with Crippen molar-refractivity contribution < 1.29 is 0 Å². The molecule has 0 bridgehead atoms. The summed E-state index contributed by atoms with van der Waals surface area (Å²) in [5.74, 6) is -3.26. The molecule has 0 heterocycles. The molecule has 0 spiro atoms. The zero-order chi connectivity index (χ0) is 20.3. The molecule has 0 N–H and O–H groups in total. The van der Waals surface area contributed by atoms with E-state index in [-0.39, 0.29) is 0 Å². The van der Waals surface area contributed by atoms with Gasteiger partial charge >= 0.3 is 179 Å². The second kappa shape index (κ2) is 7.79. The Labute approximate surface area is 178 Å². The van der Waals surface area contributed by atoms with E-state index in [1.165, 1.54) is 32.6 Å². The van der Waals surface area contributed by atoms with E-state index < -0.39 is 5.96 Å². The van der Waals surface area contributed by atoms with Gasteiger partial charge in [0.1, 0.15) is 0 Å². The molecule has 0 aliphatic carbocycles. The molecule has 0 aliphatic heterocycles. The second-order valence-corrected chi connectivity index (χ2v) is 14.2. The van der Waals surface area contributed by atoms with Crippen molar-refractivity contribution in [2.24, 2.45) is 0 Å². The molecule has 0 aromatic heterocycles. The van der Waals surface area contributed by atoms with E-state index in [1.54, 1.807) is 0 Å². The third-order valence-corrected chi connectivity index (χ3v) is 13.0. The van der Waals surface area contributed by atoms with E-state index in [4.69, 9.17) is 11.2 Å². The number of hydrogen-bond donors (Lipinski definition) is 0. The Morgan fingerprint density at radius 1 is 0.586 bits per heavy atom. The van der Waals surface area contributed by atoms with Gasteiger partial charge in [-0.3, -0.25) is 0 Å². The van der Waals surface area contributed by atoms with Crippen molar-refractivity contribution in [1.82, 2.24) is 0 Å². The van der Waals surface area contributed by atoms with Crippen LogP contribution in [0.5, 0.6) is 0 Å². The third kappa shape index (κ3) is 3.42. The normalized spacial score (nSPS) is 12.9. The molecule has 0 fully saturated rings. The maximum absolute atomic E-state index is 8.16. The molecular formula is C27H26ClP. The van der Waals surface area contributed by atoms with Gasteiger partial charge in [0.15, 0.2) is 0 Å². The van der Waals surface area contributed by atoms with Gasteiger partial charge in [0.2, 0.25) is 0 Å². The van der Waals surface area contributed by atoms with Crippen LogP contribution < -0.4 is 15.9 Å². The van der Waals surface area contributed by atoms with Crippen LogP contribution in [0, 0.1) is 13.8 Å². The number of aryl methyl sites for hydroxylation is 2. The summed E-state index contributed by atoms with van der Waals surface area (Å²) in [7, 11) is 0. The molecule has 0 amide bonds. The first-order valence-corrected chi connectivity index (χ1v) is 13.3. The van der Waals surface area contributed by atoms with Crippen molar-refractivity contribution in [2.45, 2.75) is 20.0 Å². The van der Waals surface area contributed by atoms with Crippen LogP contribution in [0.25, 0.3) is 0 Å². The molecule has 0 atom stereocenters. The molecule has 2 heteroatoms. The van der Waals surface area contributed by atoms with Gasteiger partial charge in [0.25, 0.3) is 0 Å². The zero-order valence-electron chi connectivity index (χ0n) is 16.9. The van der Waals surface area contributed by atoms with Gasteiger partial charge in [-0.25, -0.2) is 0 Å². The van der Waals surface area contributed by atoms with Crippen LogP contribution in [0.2, 0.25) is 0 Å². The molecule has 0 saturated heterocycles. The SMILES string of the molecule is Cc1ccc(C)c(CP(Cl)(c2ccccc2)(c2ccccc2)c2ccccc2)c1. The van der Waals surface area contributed by atoms with Gasteiger partial charge in [0, 0.05) is 0 Å². The summed E-state index contributed by atoms with van der Waals surface area (Å²) in [5.41, 5.74) is 3.86. The molecule has 29 heavy (non-hydrogen) atoms. The molecule has 0 saturated carbocycles. The summed E-state index contributed by atoms with van der Waals surface area (Å²) in [5, 5.41) is 3.62. The van der Waals surface area contributed by atoms with Crippen LogP contribution >= 0.6 is 17.2 Å². The fraction of sp³-hybridized carbons (Fsp3) is 0.111. The molecule has 0 radical (unpaired) electrons. The standard InChI is InChI=1S/C27H26ClP/c1-22-18-19-23(2)24(20-22)21-29(28,25-12-6-3-7-13-25,26-14-8-4-9-15-26)27-16-10-5-11-17-27/h3-20H,21H2,1-2H3. The number of hydrogen-bond acceptors (Lipinski definition) is 0. The zero-order valence-corrected chi connectivity index (χ0v) is 18.6. The van der Waals surface area contributed by atoms with Crippen molar-refractivity contribution in [1.29, 1.82) is 0 Å². The topological polar surface area (TPSA) is 0 Å². The predicted octanol–water partition coefficient (Wildman–Crippen LogP) is 6.49. The predicted molar refractivity (Wildman–Crippen MR) is 131 cm³/mol. The van der Waals surface area contributed by atoms with Gasteiger partial charge in [-0.15, -0.1) is 0 Å². The molecule has 4 aromatic rings. The summed E-state index contributed by atoms with van der Waals surface area (Å²) < 4.78 is 0.